The number of benzene rings is 2. The molecule has 0 spiro atoms. The van der Waals surface area contributed by atoms with Crippen molar-refractivity contribution in [3.8, 4) is 0 Å². The first-order chi connectivity index (χ1) is 16.2. The van der Waals surface area contributed by atoms with Gasteiger partial charge in [-0.1, -0.05) is 0 Å². The van der Waals surface area contributed by atoms with Crippen LogP contribution in [-0.4, -0.2) is 36.3 Å². The lowest BCUT2D eigenvalue weighted by Gasteiger charge is -2.23. The minimum atomic E-state index is -4.46. The summed E-state index contributed by atoms with van der Waals surface area (Å²) in [4.78, 5) is 11.6. The molecule has 1 saturated heterocycles. The van der Waals surface area contributed by atoms with Gasteiger partial charge in [0.1, 0.15) is 11.6 Å². The van der Waals surface area contributed by atoms with Gasteiger partial charge >= 0.3 is 6.18 Å². The SMILES string of the molecule is Cc1nc(N[C@H](C)c2cc(N)cc(C(F)(F)F)c2)c2cc3c(cc2n1)CCN3CC1CCOC1. The average molecular weight is 472 g/mol. The highest BCUT2D eigenvalue weighted by molar-refractivity contribution is 5.93. The van der Waals surface area contributed by atoms with E-state index in [1.807, 2.05) is 6.92 Å². The minimum absolute atomic E-state index is 0.0755. The summed E-state index contributed by atoms with van der Waals surface area (Å²) in [7, 11) is 0. The number of nitrogens with zero attached hydrogens (tertiary/aromatic N) is 3. The van der Waals surface area contributed by atoms with Crippen molar-refractivity contribution in [2.24, 2.45) is 5.92 Å². The number of nitrogens with two attached hydrogens (primary N) is 1. The third kappa shape index (κ3) is 4.49. The third-order valence-corrected chi connectivity index (χ3v) is 6.66. The van der Waals surface area contributed by atoms with Crippen LogP contribution in [0.1, 0.15) is 41.9 Å². The zero-order valence-corrected chi connectivity index (χ0v) is 19.2. The number of hydrogen-bond acceptors (Lipinski definition) is 6. The minimum Gasteiger partial charge on any atom is -0.399 e. The largest absolute Gasteiger partial charge is 0.416 e. The molecule has 2 aliphatic rings. The van der Waals surface area contributed by atoms with Gasteiger partial charge in [-0.15, -0.1) is 0 Å². The lowest BCUT2D eigenvalue weighted by atomic mass is 10.0. The van der Waals surface area contributed by atoms with E-state index in [1.54, 1.807) is 13.0 Å². The fourth-order valence-electron chi connectivity index (χ4n) is 4.91. The maximum absolute atomic E-state index is 13.3. The van der Waals surface area contributed by atoms with E-state index in [1.165, 1.54) is 11.3 Å². The Balaban J connectivity index is 1.48. The molecule has 0 radical (unpaired) electrons. The summed E-state index contributed by atoms with van der Waals surface area (Å²) in [6.45, 7) is 7.15. The van der Waals surface area contributed by atoms with Gasteiger partial charge in [0.2, 0.25) is 0 Å². The number of ether oxygens (including phenoxy) is 1. The summed E-state index contributed by atoms with van der Waals surface area (Å²) >= 11 is 0. The second kappa shape index (κ2) is 8.61. The van der Waals surface area contributed by atoms with E-state index < -0.39 is 17.8 Å². The third-order valence-electron chi connectivity index (χ3n) is 6.66. The Morgan fingerprint density at radius 3 is 2.76 bits per heavy atom. The Hall–Kier alpha value is -3.07. The number of alkyl halides is 3. The molecule has 1 aromatic heterocycles. The smallest absolute Gasteiger partial charge is 0.399 e. The molecule has 2 aromatic carbocycles. The van der Waals surface area contributed by atoms with Crippen LogP contribution in [0.3, 0.4) is 0 Å². The fraction of sp³-hybridized carbons (Fsp3) is 0.440. The maximum Gasteiger partial charge on any atom is 0.416 e. The summed E-state index contributed by atoms with van der Waals surface area (Å²) in [5.41, 5.74) is 8.80. The van der Waals surface area contributed by atoms with Crippen LogP contribution in [-0.2, 0) is 17.3 Å². The molecule has 2 aliphatic heterocycles. The standard InChI is InChI=1S/C25H28F3N5O/c1-14(18-7-19(25(26,27)28)10-20(29)8-18)30-24-21-11-23-17(9-22(21)31-15(2)32-24)3-5-33(23)12-16-4-6-34-13-16/h7-11,14,16H,3-6,12-13,29H2,1-2H3,(H,30,31,32)/t14-,16?/m1/s1. The predicted octanol–water partition coefficient (Wildman–Crippen LogP) is 5.11. The van der Waals surface area contributed by atoms with E-state index in [-0.39, 0.29) is 5.69 Å². The number of fused-ring (bicyclic) bond motifs is 2. The van der Waals surface area contributed by atoms with E-state index in [0.29, 0.717) is 23.1 Å². The van der Waals surface area contributed by atoms with E-state index in [2.05, 4.69) is 32.3 Å². The molecule has 180 valence electrons. The number of nitrogen functional groups attached to an aromatic ring is 1. The maximum atomic E-state index is 13.3. The van der Waals surface area contributed by atoms with Crippen LogP contribution in [0.4, 0.5) is 30.4 Å². The van der Waals surface area contributed by atoms with Gasteiger partial charge in [-0.2, -0.15) is 13.2 Å². The lowest BCUT2D eigenvalue weighted by molar-refractivity contribution is -0.137. The zero-order valence-electron chi connectivity index (χ0n) is 19.2. The van der Waals surface area contributed by atoms with Crippen molar-refractivity contribution < 1.29 is 17.9 Å². The van der Waals surface area contributed by atoms with Gasteiger partial charge in [0.05, 0.1) is 23.7 Å². The quantitative estimate of drug-likeness (QED) is 0.504. The number of nitrogens with one attached hydrogen (secondary N) is 1. The normalized spacial score (nSPS) is 19.0. The van der Waals surface area contributed by atoms with Gasteiger partial charge in [-0.05, 0) is 68.1 Å². The van der Waals surface area contributed by atoms with Crippen LogP contribution in [0.2, 0.25) is 0 Å². The summed E-state index contributed by atoms with van der Waals surface area (Å²) in [6, 6.07) is 7.43. The van der Waals surface area contributed by atoms with E-state index in [0.717, 1.165) is 62.2 Å². The first-order valence-electron chi connectivity index (χ1n) is 11.6. The van der Waals surface area contributed by atoms with Gasteiger partial charge in [0.15, 0.2) is 0 Å². The highest BCUT2D eigenvalue weighted by Gasteiger charge is 2.31. The van der Waals surface area contributed by atoms with Crippen LogP contribution in [0.5, 0.6) is 0 Å². The van der Waals surface area contributed by atoms with Gasteiger partial charge in [0.25, 0.3) is 0 Å². The molecule has 34 heavy (non-hydrogen) atoms. The van der Waals surface area contributed by atoms with Crippen LogP contribution in [0.25, 0.3) is 10.9 Å². The molecule has 3 aromatic rings. The highest BCUT2D eigenvalue weighted by Crippen LogP contribution is 2.37. The molecule has 0 bridgehead atoms. The van der Waals surface area contributed by atoms with E-state index in [4.69, 9.17) is 10.5 Å². The first-order valence-corrected chi connectivity index (χ1v) is 11.6. The zero-order chi connectivity index (χ0) is 24.0. The Kier molecular flexibility index (Phi) is 5.75. The van der Waals surface area contributed by atoms with Crippen molar-refractivity contribution >= 4 is 28.1 Å². The summed E-state index contributed by atoms with van der Waals surface area (Å²) in [5.74, 6) is 1.73. The Morgan fingerprint density at radius 2 is 2.03 bits per heavy atom. The molecule has 0 saturated carbocycles. The van der Waals surface area contributed by atoms with Crippen molar-refractivity contribution in [3.05, 3.63) is 52.8 Å². The summed E-state index contributed by atoms with van der Waals surface area (Å²) < 4.78 is 45.4. The average Bonchev–Trinajstić information content (AvgIpc) is 3.41. The molecule has 3 N–H and O–H groups in total. The van der Waals surface area contributed by atoms with Gasteiger partial charge in [0, 0.05) is 42.4 Å². The van der Waals surface area contributed by atoms with Gasteiger partial charge < -0.3 is 20.7 Å². The number of halogens is 3. The van der Waals surface area contributed by atoms with Crippen LogP contribution in [0.15, 0.2) is 30.3 Å². The number of rotatable bonds is 5. The number of anilines is 3. The molecular formula is C25H28F3N5O. The molecule has 0 aliphatic carbocycles. The molecule has 0 amide bonds. The molecule has 6 nitrogen and oxygen atoms in total. The van der Waals surface area contributed by atoms with Gasteiger partial charge in [-0.3, -0.25) is 0 Å². The number of hydrogen-bond donors (Lipinski definition) is 2. The van der Waals surface area contributed by atoms with Crippen LogP contribution in [0, 0.1) is 12.8 Å². The molecule has 1 unspecified atom stereocenters. The van der Waals surface area contributed by atoms with Crippen LogP contribution >= 0.6 is 0 Å². The molecule has 1 fully saturated rings. The van der Waals surface area contributed by atoms with Crippen molar-refractivity contribution in [1.29, 1.82) is 0 Å². The monoisotopic (exact) mass is 471 g/mol. The Bertz CT molecular complexity index is 1220. The van der Waals surface area contributed by atoms with Crippen molar-refractivity contribution in [2.45, 2.75) is 38.9 Å². The molecular weight excluding hydrogens is 443 g/mol. The van der Waals surface area contributed by atoms with Gasteiger partial charge in [-0.25, -0.2) is 9.97 Å². The molecule has 5 rings (SSSR count). The van der Waals surface area contributed by atoms with E-state index in [9.17, 15) is 13.2 Å². The fourth-order valence-corrected chi connectivity index (χ4v) is 4.91. The lowest BCUT2D eigenvalue weighted by Crippen LogP contribution is -2.27. The topological polar surface area (TPSA) is 76.3 Å². The van der Waals surface area contributed by atoms with Crippen molar-refractivity contribution in [1.82, 2.24) is 9.97 Å². The van der Waals surface area contributed by atoms with E-state index >= 15 is 0 Å². The molecule has 3 heterocycles. The summed E-state index contributed by atoms with van der Waals surface area (Å²) in [6.07, 6.45) is -2.42. The number of aryl methyl sites for hydroxylation is 1. The second-order valence-corrected chi connectivity index (χ2v) is 9.30. The second-order valence-electron chi connectivity index (χ2n) is 9.30. The molecule has 9 heteroatoms. The van der Waals surface area contributed by atoms with Crippen LogP contribution < -0.4 is 16.0 Å². The molecule has 2 atom stereocenters. The Labute approximate surface area is 196 Å². The van der Waals surface area contributed by atoms with Crippen molar-refractivity contribution in [3.63, 3.8) is 0 Å². The summed E-state index contributed by atoms with van der Waals surface area (Å²) in [5, 5.41) is 4.17. The van der Waals surface area contributed by atoms with Crippen molar-refractivity contribution in [2.75, 3.05) is 42.3 Å². The Morgan fingerprint density at radius 1 is 1.21 bits per heavy atom. The first kappa shape index (κ1) is 22.7. The predicted molar refractivity (Wildman–Crippen MR) is 127 cm³/mol. The number of aromatic nitrogens is 2. The highest BCUT2D eigenvalue weighted by atomic mass is 19.4.